The van der Waals surface area contributed by atoms with Crippen molar-refractivity contribution in [2.24, 2.45) is 4.99 Å². The highest BCUT2D eigenvalue weighted by molar-refractivity contribution is 6.30. The molecule has 3 nitrogen and oxygen atoms in total. The summed E-state index contributed by atoms with van der Waals surface area (Å²) in [5, 5.41) is 0.650. The van der Waals surface area contributed by atoms with Gasteiger partial charge >= 0.3 is 0 Å². The van der Waals surface area contributed by atoms with E-state index in [1.54, 1.807) is 19.2 Å². The molecule has 0 aliphatic rings. The molecule has 0 saturated heterocycles. The summed E-state index contributed by atoms with van der Waals surface area (Å²) in [4.78, 5) is 4.51. The fraction of sp³-hybridized carbons (Fsp3) is 0.312. The lowest BCUT2D eigenvalue weighted by Gasteiger charge is -2.05. The largest absolute Gasteiger partial charge is 0.494 e. The van der Waals surface area contributed by atoms with Crippen molar-refractivity contribution >= 4 is 23.5 Å². The van der Waals surface area contributed by atoms with Crippen LogP contribution in [0.2, 0.25) is 5.02 Å². The quantitative estimate of drug-likeness (QED) is 0.760. The molecule has 2 rings (SSSR count). The van der Waals surface area contributed by atoms with Gasteiger partial charge in [0.15, 0.2) is 0 Å². The summed E-state index contributed by atoms with van der Waals surface area (Å²) in [6.07, 6.45) is 1.86. The Bertz CT molecular complexity index is 644. The highest BCUT2D eigenvalue weighted by Gasteiger charge is 2.06. The van der Waals surface area contributed by atoms with E-state index in [1.165, 1.54) is 11.4 Å². The smallest absolute Gasteiger partial charge is 0.144 e. The van der Waals surface area contributed by atoms with Gasteiger partial charge in [-0.15, -0.1) is 0 Å². The number of rotatable bonds is 4. The first kappa shape index (κ1) is 14.7. The maximum atomic E-state index is 6.01. The lowest BCUT2D eigenvalue weighted by atomic mass is 10.2. The fourth-order valence-electron chi connectivity index (χ4n) is 2.35. The summed E-state index contributed by atoms with van der Waals surface area (Å²) in [6.45, 7) is 7.31. The SMILES string of the molecule is CCn1c(C)cc(C=Nc2cc(Cl)ccc2OC)c1C. The number of aliphatic imine (C=N–C) groups is 1. The Morgan fingerprint density at radius 2 is 2.05 bits per heavy atom. The van der Waals surface area contributed by atoms with Crippen molar-refractivity contribution in [2.45, 2.75) is 27.3 Å². The zero-order valence-electron chi connectivity index (χ0n) is 12.3. The van der Waals surface area contributed by atoms with Crippen molar-refractivity contribution in [2.75, 3.05) is 7.11 Å². The standard InChI is InChI=1S/C16H19ClN2O/c1-5-19-11(2)8-13(12(19)3)10-18-15-9-14(17)6-7-16(15)20-4/h6-10H,5H2,1-4H3. The molecule has 0 aliphatic carbocycles. The molecule has 1 heterocycles. The molecular weight excluding hydrogens is 272 g/mol. The molecule has 0 N–H and O–H groups in total. The predicted molar refractivity (Wildman–Crippen MR) is 84.8 cm³/mol. The van der Waals surface area contributed by atoms with Crippen molar-refractivity contribution in [3.63, 3.8) is 0 Å². The second kappa shape index (κ2) is 6.14. The molecule has 0 spiro atoms. The van der Waals surface area contributed by atoms with Crippen LogP contribution < -0.4 is 4.74 Å². The number of nitrogens with zero attached hydrogens (tertiary/aromatic N) is 2. The van der Waals surface area contributed by atoms with Crippen LogP contribution in [0.15, 0.2) is 29.3 Å². The van der Waals surface area contributed by atoms with Gasteiger partial charge in [-0.25, -0.2) is 0 Å². The Hall–Kier alpha value is -1.74. The summed E-state index contributed by atoms with van der Waals surface area (Å²) in [7, 11) is 1.63. The molecule has 2 aromatic rings. The highest BCUT2D eigenvalue weighted by atomic mass is 35.5. The number of hydrogen-bond donors (Lipinski definition) is 0. The topological polar surface area (TPSA) is 26.5 Å². The average Bonchev–Trinajstić information content (AvgIpc) is 2.70. The van der Waals surface area contributed by atoms with Gasteiger partial charge in [-0.05, 0) is 45.0 Å². The van der Waals surface area contributed by atoms with Crippen molar-refractivity contribution in [1.29, 1.82) is 0 Å². The summed E-state index contributed by atoms with van der Waals surface area (Å²) < 4.78 is 7.55. The number of benzene rings is 1. The lowest BCUT2D eigenvalue weighted by molar-refractivity contribution is 0.416. The zero-order chi connectivity index (χ0) is 14.7. The van der Waals surface area contributed by atoms with Crippen LogP contribution in [0.1, 0.15) is 23.9 Å². The first-order chi connectivity index (χ1) is 9.56. The minimum atomic E-state index is 0.650. The van der Waals surface area contributed by atoms with Gasteiger partial charge in [0, 0.05) is 34.7 Å². The first-order valence-electron chi connectivity index (χ1n) is 6.61. The number of methoxy groups -OCH3 is 1. The first-order valence-corrected chi connectivity index (χ1v) is 6.99. The molecule has 0 fully saturated rings. The van der Waals surface area contributed by atoms with Gasteiger partial charge in [-0.2, -0.15) is 0 Å². The molecule has 0 aliphatic heterocycles. The Kier molecular flexibility index (Phi) is 4.50. The summed E-state index contributed by atoms with van der Waals surface area (Å²) in [6, 6.07) is 7.56. The van der Waals surface area contributed by atoms with Gasteiger partial charge in [-0.3, -0.25) is 4.99 Å². The molecular formula is C16H19ClN2O. The summed E-state index contributed by atoms with van der Waals surface area (Å²) in [5.74, 6) is 0.718. The van der Waals surface area contributed by atoms with Crippen LogP contribution in [0, 0.1) is 13.8 Å². The van der Waals surface area contributed by atoms with E-state index in [4.69, 9.17) is 16.3 Å². The maximum Gasteiger partial charge on any atom is 0.144 e. The van der Waals surface area contributed by atoms with E-state index in [9.17, 15) is 0 Å². The van der Waals surface area contributed by atoms with Crippen molar-refractivity contribution in [3.05, 3.63) is 46.2 Å². The van der Waals surface area contributed by atoms with E-state index in [1.807, 2.05) is 12.3 Å². The average molecular weight is 291 g/mol. The Morgan fingerprint density at radius 3 is 2.65 bits per heavy atom. The van der Waals surface area contributed by atoms with Crippen LogP contribution >= 0.6 is 11.6 Å². The van der Waals surface area contributed by atoms with Crippen LogP contribution in [0.5, 0.6) is 5.75 Å². The van der Waals surface area contributed by atoms with Gasteiger partial charge in [0.2, 0.25) is 0 Å². The van der Waals surface area contributed by atoms with Gasteiger partial charge in [-0.1, -0.05) is 11.6 Å². The number of hydrogen-bond acceptors (Lipinski definition) is 2. The molecule has 4 heteroatoms. The van der Waals surface area contributed by atoms with Crippen LogP contribution in [0.25, 0.3) is 0 Å². The third-order valence-corrected chi connectivity index (χ3v) is 3.65. The van der Waals surface area contributed by atoms with Gasteiger partial charge in [0.05, 0.1) is 7.11 Å². The molecule has 1 aromatic heterocycles. The molecule has 106 valence electrons. The normalized spacial score (nSPS) is 11.2. The molecule has 0 radical (unpaired) electrons. The predicted octanol–water partition coefficient (Wildman–Crippen LogP) is 4.54. The zero-order valence-corrected chi connectivity index (χ0v) is 13.0. The Morgan fingerprint density at radius 1 is 1.30 bits per heavy atom. The van der Waals surface area contributed by atoms with Crippen LogP contribution in [-0.4, -0.2) is 17.9 Å². The summed E-state index contributed by atoms with van der Waals surface area (Å²) >= 11 is 6.01. The van der Waals surface area contributed by atoms with Crippen LogP contribution in [0.3, 0.4) is 0 Å². The van der Waals surface area contributed by atoms with Crippen molar-refractivity contribution in [1.82, 2.24) is 4.57 Å². The number of ether oxygens (including phenoxy) is 1. The van der Waals surface area contributed by atoms with E-state index >= 15 is 0 Å². The molecule has 0 saturated carbocycles. The molecule has 0 bridgehead atoms. The van der Waals surface area contributed by atoms with E-state index < -0.39 is 0 Å². The van der Waals surface area contributed by atoms with Crippen LogP contribution in [0.4, 0.5) is 5.69 Å². The number of aryl methyl sites for hydroxylation is 1. The van der Waals surface area contributed by atoms with Gasteiger partial charge in [0.25, 0.3) is 0 Å². The monoisotopic (exact) mass is 290 g/mol. The van der Waals surface area contributed by atoms with Gasteiger partial charge in [0.1, 0.15) is 11.4 Å². The highest BCUT2D eigenvalue weighted by Crippen LogP contribution is 2.30. The number of halogens is 1. The minimum absolute atomic E-state index is 0.650. The number of aromatic nitrogens is 1. The molecule has 0 atom stereocenters. The van der Waals surface area contributed by atoms with Crippen molar-refractivity contribution < 1.29 is 4.74 Å². The Labute approximate surface area is 124 Å². The Balaban J connectivity index is 2.37. The lowest BCUT2D eigenvalue weighted by Crippen LogP contribution is -1.99. The second-order valence-electron chi connectivity index (χ2n) is 4.65. The van der Waals surface area contributed by atoms with E-state index in [0.29, 0.717) is 5.02 Å². The van der Waals surface area contributed by atoms with Crippen LogP contribution in [-0.2, 0) is 6.54 Å². The van der Waals surface area contributed by atoms with Crippen molar-refractivity contribution in [3.8, 4) is 5.75 Å². The summed E-state index contributed by atoms with van der Waals surface area (Å²) in [5.41, 5.74) is 4.31. The van der Waals surface area contributed by atoms with E-state index in [-0.39, 0.29) is 0 Å². The molecule has 0 unspecified atom stereocenters. The van der Waals surface area contributed by atoms with E-state index in [2.05, 4.69) is 36.4 Å². The maximum absolute atomic E-state index is 6.01. The molecule has 20 heavy (non-hydrogen) atoms. The second-order valence-corrected chi connectivity index (χ2v) is 5.08. The fourth-order valence-corrected chi connectivity index (χ4v) is 2.51. The minimum Gasteiger partial charge on any atom is -0.494 e. The molecule has 1 aromatic carbocycles. The van der Waals surface area contributed by atoms with Gasteiger partial charge < -0.3 is 9.30 Å². The third kappa shape index (κ3) is 2.88. The molecule has 0 amide bonds. The van der Waals surface area contributed by atoms with E-state index in [0.717, 1.165) is 23.5 Å². The third-order valence-electron chi connectivity index (χ3n) is 3.41.